The zero-order chi connectivity index (χ0) is 73.5. The molecule has 4 aromatic rings. The van der Waals surface area contributed by atoms with Gasteiger partial charge in [0.15, 0.2) is 29.9 Å². The number of amides is 7. The molecule has 0 saturated carbocycles. The highest BCUT2D eigenvalue weighted by Gasteiger charge is 2.52. The molecule has 11 bridgehead atoms. The number of carboxylic acid groups (broad SMARTS) is 1. The Labute approximate surface area is 599 Å². The first kappa shape index (κ1) is 75.5. The summed E-state index contributed by atoms with van der Waals surface area (Å²) in [6.07, 6.45) is -14.8. The third-order valence-corrected chi connectivity index (χ3v) is 19.6. The molecule has 544 valence electrons. The summed E-state index contributed by atoms with van der Waals surface area (Å²) in [7, 11) is 1.48. The number of primary amides is 1. The van der Waals surface area contributed by atoms with E-state index >= 15 is 14.4 Å². The number of phenols is 3. The Hall–Kier alpha value is -8.17. The molecule has 0 radical (unpaired) electrons. The van der Waals surface area contributed by atoms with Crippen LogP contribution in [0.5, 0.6) is 40.2 Å². The molecule has 7 amide bonds. The SMILES string of the molecule is CN[C@H](CC(C)C)C(=O)N[C@H]1C(=O)N[C@@H](CC(N)=O)C(=O)N[C@H]2C(=O)N[C@H]3C(=O)N[C@H](C(=O)N[C@@H](C(=O)O)c4cc(O)cc(O)c4-c4cc3ccc4O)[C@H](O)C3C=C(Cl)C(=CC3)Oc3cc2cc(c3OC2OC(CI)C(O)C(O)C2OC2CC(C)(N)C(O)C(C)O2)Oc2ccc(cc2Cl)[C@H]1O. The number of fused-ring (bicyclic) bond motifs is 14. The number of carbonyl (C=O) groups excluding carboxylic acids is 7. The number of rotatable bonds is 13. The van der Waals surface area contributed by atoms with Crippen molar-refractivity contribution in [2.75, 3.05) is 11.5 Å². The molecule has 35 heteroatoms. The minimum atomic E-state index is -2.30. The number of phenolic OH excluding ortho intramolecular Hbond substituents is 3. The number of allylic oxidation sites excluding steroid dienone is 2. The Morgan fingerprint density at radius 3 is 2.10 bits per heavy atom. The van der Waals surface area contributed by atoms with Crippen LogP contribution >= 0.6 is 45.8 Å². The monoisotopic (exact) mass is 1560 g/mol. The van der Waals surface area contributed by atoms with Crippen LogP contribution < -0.4 is 62.9 Å². The average Bonchev–Trinajstić information content (AvgIpc) is 0.776. The molecule has 10 unspecified atom stereocenters. The molecule has 2 fully saturated rings. The highest BCUT2D eigenvalue weighted by molar-refractivity contribution is 14.1. The molecular weight excluding hydrogens is 1480 g/mol. The van der Waals surface area contributed by atoms with Gasteiger partial charge in [0.1, 0.15) is 77.3 Å². The molecule has 12 rings (SSSR count). The summed E-state index contributed by atoms with van der Waals surface area (Å²) in [5.41, 5.74) is 8.57. The topological polar surface area (TPSA) is 510 Å². The highest BCUT2D eigenvalue weighted by Crippen LogP contribution is 2.49. The quantitative estimate of drug-likeness (QED) is 0.0651. The second-order valence-electron chi connectivity index (χ2n) is 26.0. The van der Waals surface area contributed by atoms with Crippen molar-refractivity contribution in [1.82, 2.24) is 37.2 Å². The summed E-state index contributed by atoms with van der Waals surface area (Å²) in [4.78, 5) is 117. The molecule has 4 aromatic carbocycles. The van der Waals surface area contributed by atoms with E-state index in [4.69, 9.17) is 63.1 Å². The van der Waals surface area contributed by atoms with E-state index in [-0.39, 0.29) is 62.3 Å². The second-order valence-corrected chi connectivity index (χ2v) is 27.7. The van der Waals surface area contributed by atoms with Crippen molar-refractivity contribution in [2.24, 2.45) is 23.3 Å². The first-order valence-corrected chi connectivity index (χ1v) is 34.1. The summed E-state index contributed by atoms with van der Waals surface area (Å²) in [6.45, 7) is 6.72. The largest absolute Gasteiger partial charge is 0.508 e. The number of alkyl halides is 1. The van der Waals surface area contributed by atoms with Gasteiger partial charge >= 0.3 is 5.97 Å². The van der Waals surface area contributed by atoms with Crippen molar-refractivity contribution in [3.05, 3.63) is 111 Å². The number of aliphatic hydroxyl groups is 5. The summed E-state index contributed by atoms with van der Waals surface area (Å²) in [6, 6.07) is -3.38. The Bertz CT molecular complexity index is 4000. The molecule has 19 atom stereocenters. The van der Waals surface area contributed by atoms with Crippen molar-refractivity contribution in [2.45, 2.75) is 163 Å². The molecule has 0 spiro atoms. The van der Waals surface area contributed by atoms with Crippen LogP contribution in [0.25, 0.3) is 11.1 Å². The zero-order valence-electron chi connectivity index (χ0n) is 54.5. The minimum Gasteiger partial charge on any atom is -0.508 e. The van der Waals surface area contributed by atoms with E-state index in [0.717, 1.165) is 48.5 Å². The Morgan fingerprint density at radius 2 is 1.46 bits per heavy atom. The number of halogens is 3. The molecule has 32 nitrogen and oxygen atoms in total. The lowest BCUT2D eigenvalue weighted by atomic mass is 9.86. The number of likely N-dealkylation sites (N-methyl/N-ethyl adjacent to an activating group) is 1. The van der Waals surface area contributed by atoms with E-state index in [1.165, 1.54) is 38.3 Å². The first-order chi connectivity index (χ1) is 47.7. The average molecular weight is 1560 g/mol. The van der Waals surface area contributed by atoms with Crippen LogP contribution in [0.2, 0.25) is 5.02 Å². The van der Waals surface area contributed by atoms with E-state index in [9.17, 15) is 69.9 Å². The van der Waals surface area contributed by atoms with Crippen LogP contribution in [0.1, 0.15) is 99.9 Å². The molecule has 101 heavy (non-hydrogen) atoms. The number of carboxylic acids is 1. The van der Waals surface area contributed by atoms with Gasteiger partial charge in [-0.25, -0.2) is 4.79 Å². The van der Waals surface area contributed by atoms with Gasteiger partial charge in [-0.2, -0.15) is 0 Å². The van der Waals surface area contributed by atoms with Gasteiger partial charge in [0, 0.05) is 45.1 Å². The van der Waals surface area contributed by atoms with Gasteiger partial charge < -0.3 is 123 Å². The van der Waals surface area contributed by atoms with E-state index in [0.29, 0.717) is 0 Å². The van der Waals surface area contributed by atoms with Crippen molar-refractivity contribution in [1.29, 1.82) is 0 Å². The number of aliphatic hydroxyl groups excluding tert-OH is 5. The first-order valence-electron chi connectivity index (χ1n) is 31.9. The number of nitrogens with one attached hydrogen (secondary N) is 7. The van der Waals surface area contributed by atoms with Crippen molar-refractivity contribution in [3.8, 4) is 51.4 Å². The van der Waals surface area contributed by atoms with Crippen LogP contribution in [0.4, 0.5) is 0 Å². The Balaban J connectivity index is 1.23. The molecular formula is C66H76Cl2IN9O23. The lowest BCUT2D eigenvalue weighted by Gasteiger charge is -2.47. The van der Waals surface area contributed by atoms with Gasteiger partial charge in [0.05, 0.1) is 46.9 Å². The van der Waals surface area contributed by atoms with Crippen molar-refractivity contribution >= 4 is 93.1 Å². The minimum absolute atomic E-state index is 0.00601. The fourth-order valence-corrected chi connectivity index (χ4v) is 14.0. The maximum Gasteiger partial charge on any atom is 0.330 e. The summed E-state index contributed by atoms with van der Waals surface area (Å²) < 4.78 is 39.0. The van der Waals surface area contributed by atoms with Gasteiger partial charge in [-0.05, 0) is 105 Å². The van der Waals surface area contributed by atoms with Gasteiger partial charge in [-0.3, -0.25) is 33.6 Å². The Kier molecular flexibility index (Phi) is 23.0. The van der Waals surface area contributed by atoms with E-state index in [2.05, 4.69) is 37.2 Å². The molecule has 1 aliphatic carbocycles. The standard InChI is InChI=1S/C66H76Cl2IN9O23/c1-23(2)12-34(72-5)58(88)77-49-51(83)26-7-10-38(32(67)14-26)97-40-16-28-17-41(55(40)101-65-56(54(86)53(85)42(22-69)99-65)100-44-21-66(4,71)57(87)24(3)96-44)98-39-11-8-27(15-33(39)68)52(84)50-63(93)76-48(64(94)95)31-18-29(79)19-37(81)45(31)30-13-25(6-9-36(30)80)46(60(90)78-50)75-61(91)47(28)74-59(89)35(20-43(70)82)73-62(49)92/h6-7,9-11,13-19,23-24,27,34-35,42,44,46-54,56-57,65,72,79-81,83-87H,8,12,20-22,71H2,1-5H3,(H2,70,82)(H,73,92)(H,74,89)(H,75,91)(H,76,93)(H,77,88)(H,78,90)(H,94,95)/t24?,27?,34-,35+,42?,44?,46-,47-,48-,49-,50+,51-,52-,53?,54?,56?,57?,65?,66?/m1/s1. The number of benzene rings is 4. The molecule has 8 aliphatic rings. The number of aliphatic carboxylic acids is 1. The number of carbonyl (C=O) groups is 8. The maximum absolute atomic E-state index is 16.0. The van der Waals surface area contributed by atoms with Gasteiger partial charge in [-0.15, -0.1) is 0 Å². The maximum atomic E-state index is 16.0. The fraction of sp³-hybridized carbons (Fsp3) is 0.455. The number of nitrogens with two attached hydrogens (primary N) is 2. The normalized spacial score (nSPS) is 31.0. The highest BCUT2D eigenvalue weighted by atomic mass is 127. The van der Waals surface area contributed by atoms with Gasteiger partial charge in [-0.1, -0.05) is 77.8 Å². The third-order valence-electron chi connectivity index (χ3n) is 18.1. The summed E-state index contributed by atoms with van der Waals surface area (Å²) in [5, 5.41) is 121. The molecule has 0 aromatic heterocycles. The van der Waals surface area contributed by atoms with Crippen molar-refractivity contribution in [3.63, 3.8) is 0 Å². The Morgan fingerprint density at radius 1 is 0.782 bits per heavy atom. The van der Waals surface area contributed by atoms with E-state index in [1.807, 2.05) is 36.4 Å². The van der Waals surface area contributed by atoms with Gasteiger partial charge in [0.2, 0.25) is 53.4 Å². The van der Waals surface area contributed by atoms with Crippen LogP contribution in [0.15, 0.2) is 83.6 Å². The smallest absolute Gasteiger partial charge is 0.330 e. The lowest BCUT2D eigenvalue weighted by molar-refractivity contribution is -0.328. The number of aromatic hydroxyl groups is 3. The molecule has 20 N–H and O–H groups in total. The van der Waals surface area contributed by atoms with Crippen LogP contribution in [0, 0.1) is 11.8 Å². The zero-order valence-corrected chi connectivity index (χ0v) is 58.1. The van der Waals surface area contributed by atoms with Crippen LogP contribution in [-0.4, -0.2) is 190 Å². The predicted molar refractivity (Wildman–Crippen MR) is 361 cm³/mol. The number of ether oxygens (including phenoxy) is 6. The van der Waals surface area contributed by atoms with Gasteiger partial charge in [0.25, 0.3) is 0 Å². The molecule has 7 heterocycles. The van der Waals surface area contributed by atoms with E-state index < -0.39 is 226 Å². The number of hydrogen-bond donors (Lipinski definition) is 18. The summed E-state index contributed by atoms with van der Waals surface area (Å²) >= 11 is 16.1. The number of hydrogen-bond acceptors (Lipinski definition) is 24. The predicted octanol–water partition coefficient (Wildman–Crippen LogP) is 0.836. The molecule has 2 saturated heterocycles. The van der Waals surface area contributed by atoms with Crippen molar-refractivity contribution < 1.29 is 113 Å². The van der Waals surface area contributed by atoms with Crippen LogP contribution in [0.3, 0.4) is 0 Å². The van der Waals surface area contributed by atoms with E-state index in [1.54, 1.807) is 6.92 Å². The van der Waals surface area contributed by atoms with Crippen LogP contribution in [-0.2, 0) is 52.6 Å². The second kappa shape index (κ2) is 30.8. The molecule has 7 aliphatic heterocycles. The third kappa shape index (κ3) is 16.2. The summed E-state index contributed by atoms with van der Waals surface area (Å²) in [5.74, 6) is -16.5. The lowest BCUT2D eigenvalue weighted by Crippen LogP contribution is -2.64. The fourth-order valence-electron chi connectivity index (χ4n) is 12.8.